The predicted octanol–water partition coefficient (Wildman–Crippen LogP) is 17.2. The second-order valence-corrected chi connectivity index (χ2v) is 26.9. The van der Waals surface area contributed by atoms with Gasteiger partial charge in [-0.2, -0.15) is 12.1 Å². The maximum absolute atomic E-state index is 10.2. The van der Waals surface area contributed by atoms with Crippen LogP contribution in [-0.2, 0) is 21.1 Å². The first-order chi connectivity index (χ1) is 30.3. The molecule has 8 unspecified atom stereocenters. The smallest absolute Gasteiger partial charge is 0.676 e. The van der Waals surface area contributed by atoms with Crippen LogP contribution >= 0.6 is 0 Å². The fraction of sp³-hybridized carbons (Fsp3) is 0.933. The van der Waals surface area contributed by atoms with Gasteiger partial charge in [0.2, 0.25) is 0 Å². The molecule has 9 aliphatic carbocycles. The fourth-order valence-electron chi connectivity index (χ4n) is 18.5. The Kier molecular flexibility index (Phi) is 18.9. The van der Waals surface area contributed by atoms with Crippen LogP contribution in [-0.4, -0.2) is 34.5 Å². The monoisotopic (exact) mass is 1080 g/mol. The van der Waals surface area contributed by atoms with Crippen molar-refractivity contribution in [2.24, 2.45) is 92.7 Å². The summed E-state index contributed by atoms with van der Waals surface area (Å²) < 4.78 is 0. The number of rotatable bonds is 10. The number of allylic oxidation sites excluding steroid dienone is 2. The van der Waals surface area contributed by atoms with E-state index in [2.05, 4.69) is 81.4 Å². The van der Waals surface area contributed by atoms with E-state index in [1.165, 1.54) is 128 Å². The van der Waals surface area contributed by atoms with Crippen molar-refractivity contribution in [2.75, 3.05) is 0 Å². The first-order valence-electron chi connectivity index (χ1n) is 28.5. The van der Waals surface area contributed by atoms with Crippen LogP contribution in [0.1, 0.15) is 236 Å². The van der Waals surface area contributed by atoms with Gasteiger partial charge in [-0.15, -0.1) is 0 Å². The molecule has 7 saturated carbocycles. The van der Waals surface area contributed by atoms with Crippen molar-refractivity contribution >= 4 is 0 Å². The van der Waals surface area contributed by atoms with Crippen LogP contribution in [0.25, 0.3) is 11.5 Å². The molecule has 0 aromatic rings. The standard InChI is InChI=1S/2C27H46O.C6H12N2.Pt/c2*1-18(2)7-6-8-19(3)23-11-12-24-22-10-9-20-17-21(28)13-15-26(20,4)25(22)14-16-27(23,24)5;7-5-3-1-2-4-6(5)8;/h2*9,18-19,21-25,28H,6-8,10-17H2,1-5H3;5-8H,1-4H2;/q;;-2;+2/t2*19-,21+,22?,23-,24?,25?,26+,27-;;/m11../s1. The van der Waals surface area contributed by atoms with Gasteiger partial charge in [-0.05, 0) is 195 Å². The van der Waals surface area contributed by atoms with Gasteiger partial charge in [-0.3, -0.25) is 0 Å². The molecule has 376 valence electrons. The quantitative estimate of drug-likeness (QED) is 0.214. The minimum atomic E-state index is -0.0799. The van der Waals surface area contributed by atoms with Crippen molar-refractivity contribution < 1.29 is 31.3 Å². The summed E-state index contributed by atoms with van der Waals surface area (Å²) in [6, 6.07) is -0.160. The zero-order chi connectivity index (χ0) is 46.2. The Bertz CT molecular complexity index is 1460. The summed E-state index contributed by atoms with van der Waals surface area (Å²) in [5.41, 5.74) is 19.8. The van der Waals surface area contributed by atoms with Gasteiger partial charge in [0.1, 0.15) is 0 Å². The SMILES string of the molecule is CC(C)CCC[C@@H](C)[C@H]1CCC2C3CC=C4C[C@@H](O)CC[C@]4(C)C3CC[C@@]21C.CC(C)CCC[C@@H](C)[C@H]1CCC2C3CC=C4C[C@@H](O)CC[C@]4(C)C3CC[C@@]21C.[NH-]C1CCCCC1[NH-].[Pt+2]. The molecule has 18 atom stereocenters. The molecule has 0 spiro atoms. The van der Waals surface area contributed by atoms with Gasteiger partial charge in [0.15, 0.2) is 0 Å². The van der Waals surface area contributed by atoms with E-state index < -0.39 is 0 Å². The van der Waals surface area contributed by atoms with Gasteiger partial charge in [0.25, 0.3) is 0 Å². The zero-order valence-corrected chi connectivity index (χ0v) is 46.3. The molecule has 7 fully saturated rings. The van der Waals surface area contributed by atoms with Crippen molar-refractivity contribution in [1.82, 2.24) is 0 Å². The summed E-state index contributed by atoms with van der Waals surface area (Å²) in [4.78, 5) is 0. The third-order valence-corrected chi connectivity index (χ3v) is 22.3. The number of aliphatic hydroxyl groups excluding tert-OH is 2. The summed E-state index contributed by atoms with van der Waals surface area (Å²) in [6.07, 6.45) is 38.6. The van der Waals surface area contributed by atoms with Crippen LogP contribution in [0.2, 0.25) is 0 Å². The van der Waals surface area contributed by atoms with Crippen LogP contribution in [0.5, 0.6) is 0 Å². The normalized spacial score (nSPS) is 45.0. The number of aliphatic hydroxyl groups is 2. The Balaban J connectivity index is 0.000000182. The molecule has 0 bridgehead atoms. The van der Waals surface area contributed by atoms with E-state index in [1.807, 2.05) is 0 Å². The Labute approximate surface area is 417 Å². The summed E-state index contributed by atoms with van der Waals surface area (Å²) >= 11 is 0. The van der Waals surface area contributed by atoms with Crippen molar-refractivity contribution in [2.45, 2.75) is 260 Å². The maximum atomic E-state index is 10.2. The maximum Gasteiger partial charge on any atom is 2.00 e. The molecule has 0 aromatic heterocycles. The van der Waals surface area contributed by atoms with E-state index in [1.54, 1.807) is 11.1 Å². The average molecular weight is 1080 g/mol. The Hall–Kier alpha value is 0.00831. The van der Waals surface area contributed by atoms with E-state index in [-0.39, 0.29) is 45.4 Å². The van der Waals surface area contributed by atoms with Gasteiger partial charge >= 0.3 is 21.1 Å². The predicted molar refractivity (Wildman–Crippen MR) is 273 cm³/mol. The second-order valence-electron chi connectivity index (χ2n) is 26.9. The topological polar surface area (TPSA) is 88.1 Å². The van der Waals surface area contributed by atoms with E-state index in [4.69, 9.17) is 11.5 Å². The molecule has 0 aromatic carbocycles. The van der Waals surface area contributed by atoms with Crippen molar-refractivity contribution in [1.29, 1.82) is 0 Å². The Morgan fingerprint density at radius 1 is 0.508 bits per heavy atom. The third kappa shape index (κ3) is 11.4. The zero-order valence-electron chi connectivity index (χ0n) is 44.0. The molecule has 0 saturated heterocycles. The van der Waals surface area contributed by atoms with E-state index in [0.29, 0.717) is 21.7 Å². The van der Waals surface area contributed by atoms with Crippen molar-refractivity contribution in [3.8, 4) is 0 Å². The third-order valence-electron chi connectivity index (χ3n) is 22.3. The fourth-order valence-corrected chi connectivity index (χ4v) is 18.5. The summed E-state index contributed by atoms with van der Waals surface area (Å²) in [5, 5.41) is 20.4. The number of hydrogen-bond acceptors (Lipinski definition) is 2. The number of hydrogen-bond donors (Lipinski definition) is 2. The molecule has 9 rings (SSSR count). The van der Waals surface area contributed by atoms with Gasteiger partial charge in [0, 0.05) is 0 Å². The summed E-state index contributed by atoms with van der Waals surface area (Å²) in [7, 11) is 0. The van der Waals surface area contributed by atoms with Gasteiger partial charge < -0.3 is 21.7 Å². The number of fused-ring (bicyclic) bond motifs is 10. The first-order valence-corrected chi connectivity index (χ1v) is 28.5. The molecular weight excluding hydrogens is 976 g/mol. The molecule has 0 heterocycles. The summed E-state index contributed by atoms with van der Waals surface area (Å²) in [5.74, 6) is 10.9. The minimum absolute atomic E-state index is 0. The Morgan fingerprint density at radius 3 is 1.25 bits per heavy atom. The molecule has 5 heteroatoms. The molecule has 65 heavy (non-hydrogen) atoms. The van der Waals surface area contributed by atoms with Crippen molar-refractivity contribution in [3.05, 3.63) is 34.8 Å². The number of nitrogens with one attached hydrogen (secondary N) is 2. The van der Waals surface area contributed by atoms with Gasteiger partial charge in [-0.25, -0.2) is 0 Å². The van der Waals surface area contributed by atoms with E-state index in [0.717, 1.165) is 110 Å². The van der Waals surface area contributed by atoms with Gasteiger partial charge in [0.05, 0.1) is 12.2 Å². The van der Waals surface area contributed by atoms with E-state index in [9.17, 15) is 10.2 Å². The molecule has 4 nitrogen and oxygen atoms in total. The molecule has 0 radical (unpaired) electrons. The molecule has 0 amide bonds. The summed E-state index contributed by atoms with van der Waals surface area (Å²) in [6.45, 7) is 25.1. The average Bonchev–Trinajstić information content (AvgIpc) is 3.79. The molecule has 9 aliphatic rings. The van der Waals surface area contributed by atoms with E-state index >= 15 is 0 Å². The second kappa shape index (κ2) is 22.6. The van der Waals surface area contributed by atoms with Crippen LogP contribution in [0, 0.1) is 92.7 Å². The molecule has 4 N–H and O–H groups in total. The van der Waals surface area contributed by atoms with Crippen LogP contribution in [0.3, 0.4) is 0 Å². The Morgan fingerprint density at radius 2 is 0.892 bits per heavy atom. The molecular formula is C60H104N2O2Pt. The van der Waals surface area contributed by atoms with Crippen molar-refractivity contribution in [3.63, 3.8) is 0 Å². The van der Waals surface area contributed by atoms with Gasteiger partial charge in [-0.1, -0.05) is 157 Å². The minimum Gasteiger partial charge on any atom is -0.676 e. The first kappa shape index (κ1) is 54.3. The largest absolute Gasteiger partial charge is 2.00 e. The van der Waals surface area contributed by atoms with Crippen LogP contribution in [0.15, 0.2) is 23.3 Å². The van der Waals surface area contributed by atoms with Crippen LogP contribution < -0.4 is 0 Å². The molecule has 0 aliphatic heterocycles. The van der Waals surface area contributed by atoms with Crippen LogP contribution in [0.4, 0.5) is 0 Å².